The molecule has 4 nitrogen and oxygen atoms in total. The molecule has 110 valence electrons. The molecule has 1 fully saturated rings. The minimum atomic E-state index is 0.0769. The van der Waals surface area contributed by atoms with Gasteiger partial charge in [-0.05, 0) is 38.3 Å². The van der Waals surface area contributed by atoms with Gasteiger partial charge in [0, 0.05) is 19.6 Å². The largest absolute Gasteiger partial charge is 0.494 e. The molecule has 1 amide bonds. The average Bonchev–Trinajstić information content (AvgIpc) is 2.96. The van der Waals surface area contributed by atoms with Crippen LogP contribution in [0.3, 0.4) is 0 Å². The first-order chi connectivity index (χ1) is 9.74. The molecule has 4 heteroatoms. The molecule has 20 heavy (non-hydrogen) atoms. The Morgan fingerprint density at radius 3 is 2.90 bits per heavy atom. The van der Waals surface area contributed by atoms with E-state index in [0.29, 0.717) is 19.6 Å². The lowest BCUT2D eigenvalue weighted by Gasteiger charge is -2.11. The van der Waals surface area contributed by atoms with E-state index in [-0.39, 0.29) is 12.0 Å². The lowest BCUT2D eigenvalue weighted by molar-refractivity contribution is -0.121. The summed E-state index contributed by atoms with van der Waals surface area (Å²) < 4.78 is 11.0. The Labute approximate surface area is 120 Å². The van der Waals surface area contributed by atoms with Gasteiger partial charge < -0.3 is 14.8 Å². The fourth-order valence-electron chi connectivity index (χ4n) is 2.18. The number of carbonyl (C=O) groups is 1. The summed E-state index contributed by atoms with van der Waals surface area (Å²) >= 11 is 0. The molecule has 1 aliphatic rings. The Balaban J connectivity index is 1.53. The Hall–Kier alpha value is -1.55. The van der Waals surface area contributed by atoms with Gasteiger partial charge in [-0.25, -0.2) is 0 Å². The van der Waals surface area contributed by atoms with E-state index in [9.17, 15) is 4.79 Å². The van der Waals surface area contributed by atoms with Crippen molar-refractivity contribution in [1.29, 1.82) is 0 Å². The molecule has 1 aromatic rings. The zero-order chi connectivity index (χ0) is 14.2. The highest BCUT2D eigenvalue weighted by Gasteiger charge is 2.15. The number of carbonyl (C=O) groups excluding carboxylic acids is 1. The first kappa shape index (κ1) is 14.9. The van der Waals surface area contributed by atoms with Crippen LogP contribution in [0.2, 0.25) is 0 Å². The first-order valence-corrected chi connectivity index (χ1v) is 7.32. The highest BCUT2D eigenvalue weighted by atomic mass is 16.5. The minimum Gasteiger partial charge on any atom is -0.494 e. The van der Waals surface area contributed by atoms with Crippen molar-refractivity contribution in [3.8, 4) is 5.75 Å². The number of benzene rings is 1. The quantitative estimate of drug-likeness (QED) is 0.779. The van der Waals surface area contributed by atoms with E-state index in [1.165, 1.54) is 5.56 Å². The zero-order valence-corrected chi connectivity index (χ0v) is 12.1. The van der Waals surface area contributed by atoms with Crippen LogP contribution < -0.4 is 10.1 Å². The van der Waals surface area contributed by atoms with Gasteiger partial charge in [-0.15, -0.1) is 0 Å². The molecule has 1 N–H and O–H groups in total. The molecule has 0 radical (unpaired) electrons. The maximum atomic E-state index is 11.6. The summed E-state index contributed by atoms with van der Waals surface area (Å²) in [6.45, 7) is 4.07. The number of nitrogens with one attached hydrogen (secondary N) is 1. The molecule has 0 spiro atoms. The van der Waals surface area contributed by atoms with Crippen LogP contribution in [0.15, 0.2) is 24.3 Å². The predicted octanol–water partition coefficient (Wildman–Crippen LogP) is 2.45. The van der Waals surface area contributed by atoms with Gasteiger partial charge in [0.1, 0.15) is 5.75 Å². The van der Waals surface area contributed by atoms with Gasteiger partial charge >= 0.3 is 0 Å². The Morgan fingerprint density at radius 1 is 1.40 bits per heavy atom. The van der Waals surface area contributed by atoms with Crippen LogP contribution in [0.4, 0.5) is 0 Å². The molecular weight excluding hydrogens is 254 g/mol. The van der Waals surface area contributed by atoms with Crippen molar-refractivity contribution in [3.63, 3.8) is 0 Å². The fraction of sp³-hybridized carbons (Fsp3) is 0.562. The van der Waals surface area contributed by atoms with Gasteiger partial charge in [-0.1, -0.05) is 17.7 Å². The van der Waals surface area contributed by atoms with Crippen molar-refractivity contribution in [1.82, 2.24) is 5.32 Å². The zero-order valence-electron chi connectivity index (χ0n) is 12.1. The molecule has 1 aliphatic heterocycles. The number of rotatable bonds is 7. The van der Waals surface area contributed by atoms with Gasteiger partial charge in [0.25, 0.3) is 0 Å². The molecule has 1 atom stereocenters. The Kier molecular flexibility index (Phi) is 5.87. The number of ether oxygens (including phenoxy) is 2. The monoisotopic (exact) mass is 277 g/mol. The van der Waals surface area contributed by atoms with E-state index < -0.39 is 0 Å². The molecule has 1 aromatic carbocycles. The van der Waals surface area contributed by atoms with Crippen molar-refractivity contribution in [2.24, 2.45) is 0 Å². The van der Waals surface area contributed by atoms with Gasteiger partial charge in [0.15, 0.2) is 0 Å². The van der Waals surface area contributed by atoms with Crippen molar-refractivity contribution in [2.45, 2.75) is 38.7 Å². The smallest absolute Gasteiger partial charge is 0.220 e. The standard InChI is InChI=1S/C16H23NO3/c1-13-6-8-14(9-7-13)19-11-3-5-16(18)17-12-15-4-2-10-20-15/h6-9,15H,2-5,10-12H2,1H3,(H,17,18). The van der Waals surface area contributed by atoms with E-state index in [1.807, 2.05) is 31.2 Å². The highest BCUT2D eigenvalue weighted by Crippen LogP contribution is 2.12. The molecule has 2 rings (SSSR count). The number of hydrogen-bond acceptors (Lipinski definition) is 3. The maximum absolute atomic E-state index is 11.6. The predicted molar refractivity (Wildman–Crippen MR) is 77.9 cm³/mol. The third-order valence-electron chi connectivity index (χ3n) is 3.39. The second-order valence-corrected chi connectivity index (χ2v) is 5.20. The van der Waals surface area contributed by atoms with Crippen molar-refractivity contribution >= 4 is 5.91 Å². The summed E-state index contributed by atoms with van der Waals surface area (Å²) in [5.74, 6) is 0.934. The maximum Gasteiger partial charge on any atom is 0.220 e. The van der Waals surface area contributed by atoms with E-state index in [4.69, 9.17) is 9.47 Å². The van der Waals surface area contributed by atoms with Crippen molar-refractivity contribution < 1.29 is 14.3 Å². The van der Waals surface area contributed by atoms with Crippen LogP contribution >= 0.6 is 0 Å². The van der Waals surface area contributed by atoms with Gasteiger partial charge in [0.2, 0.25) is 5.91 Å². The third kappa shape index (κ3) is 5.21. The van der Waals surface area contributed by atoms with Crippen LogP contribution in [0.25, 0.3) is 0 Å². The summed E-state index contributed by atoms with van der Waals surface area (Å²) in [5.41, 5.74) is 1.21. The topological polar surface area (TPSA) is 47.6 Å². The molecule has 0 saturated carbocycles. The van der Waals surface area contributed by atoms with Crippen LogP contribution in [0, 0.1) is 6.92 Å². The van der Waals surface area contributed by atoms with E-state index in [1.54, 1.807) is 0 Å². The van der Waals surface area contributed by atoms with Crippen LogP contribution in [0.1, 0.15) is 31.2 Å². The molecule has 0 bridgehead atoms. The summed E-state index contributed by atoms with van der Waals surface area (Å²) in [5, 5.41) is 2.91. The van der Waals surface area contributed by atoms with Gasteiger partial charge in [-0.3, -0.25) is 4.79 Å². The third-order valence-corrected chi connectivity index (χ3v) is 3.39. The Morgan fingerprint density at radius 2 is 2.20 bits per heavy atom. The first-order valence-electron chi connectivity index (χ1n) is 7.32. The summed E-state index contributed by atoms with van der Waals surface area (Å²) in [4.78, 5) is 11.6. The van der Waals surface area contributed by atoms with Gasteiger partial charge in [0.05, 0.1) is 12.7 Å². The molecule has 1 heterocycles. The van der Waals surface area contributed by atoms with Crippen LogP contribution in [-0.4, -0.2) is 31.8 Å². The van der Waals surface area contributed by atoms with E-state index in [2.05, 4.69) is 5.32 Å². The lowest BCUT2D eigenvalue weighted by atomic mass is 10.2. The van der Waals surface area contributed by atoms with E-state index in [0.717, 1.165) is 31.6 Å². The number of aryl methyl sites for hydroxylation is 1. The molecule has 1 saturated heterocycles. The van der Waals surface area contributed by atoms with Gasteiger partial charge in [-0.2, -0.15) is 0 Å². The average molecular weight is 277 g/mol. The van der Waals surface area contributed by atoms with Crippen molar-refractivity contribution in [2.75, 3.05) is 19.8 Å². The second-order valence-electron chi connectivity index (χ2n) is 5.20. The summed E-state index contributed by atoms with van der Waals surface area (Å²) in [6.07, 6.45) is 3.59. The molecule has 0 aromatic heterocycles. The second kappa shape index (κ2) is 7.90. The molecule has 1 unspecified atom stereocenters. The summed E-state index contributed by atoms with van der Waals surface area (Å²) in [7, 11) is 0. The molecular formula is C16H23NO3. The van der Waals surface area contributed by atoms with Crippen molar-refractivity contribution in [3.05, 3.63) is 29.8 Å². The number of hydrogen-bond donors (Lipinski definition) is 1. The number of amides is 1. The SMILES string of the molecule is Cc1ccc(OCCCC(=O)NCC2CCCO2)cc1. The highest BCUT2D eigenvalue weighted by molar-refractivity contribution is 5.75. The van der Waals surface area contributed by atoms with Crippen LogP contribution in [0.5, 0.6) is 5.75 Å². The summed E-state index contributed by atoms with van der Waals surface area (Å²) in [6, 6.07) is 7.94. The Bertz CT molecular complexity index is 410. The fourth-order valence-corrected chi connectivity index (χ4v) is 2.18. The van der Waals surface area contributed by atoms with Crippen LogP contribution in [-0.2, 0) is 9.53 Å². The lowest BCUT2D eigenvalue weighted by Crippen LogP contribution is -2.31. The normalized spacial score (nSPS) is 17.9. The minimum absolute atomic E-state index is 0.0769. The molecule has 0 aliphatic carbocycles. The van der Waals surface area contributed by atoms with E-state index >= 15 is 0 Å².